The summed E-state index contributed by atoms with van der Waals surface area (Å²) in [6.45, 7) is 6.68. The van der Waals surface area contributed by atoms with E-state index in [2.05, 4.69) is 24.1 Å². The molecule has 110 valence electrons. The number of hydrogen-bond donors (Lipinski definition) is 1. The number of halogens is 1. The van der Waals surface area contributed by atoms with Gasteiger partial charge in [0.1, 0.15) is 11.5 Å². The van der Waals surface area contributed by atoms with Gasteiger partial charge in [-0.15, -0.1) is 0 Å². The van der Waals surface area contributed by atoms with Crippen molar-refractivity contribution in [2.24, 2.45) is 5.92 Å². The highest BCUT2D eigenvalue weighted by molar-refractivity contribution is 5.92. The van der Waals surface area contributed by atoms with Gasteiger partial charge in [-0.3, -0.25) is 4.79 Å². The zero-order valence-electron chi connectivity index (χ0n) is 12.1. The first-order valence-corrected chi connectivity index (χ1v) is 7.29. The molecule has 0 aliphatic carbocycles. The summed E-state index contributed by atoms with van der Waals surface area (Å²) in [5, 5.41) is 3.49. The predicted molar refractivity (Wildman–Crippen MR) is 76.0 cm³/mol. The van der Waals surface area contributed by atoms with Crippen LogP contribution in [0.3, 0.4) is 0 Å². The molecule has 1 saturated heterocycles. The van der Waals surface area contributed by atoms with Crippen LogP contribution in [-0.2, 0) is 0 Å². The van der Waals surface area contributed by atoms with E-state index in [1.165, 1.54) is 12.1 Å². The first kappa shape index (κ1) is 14.9. The Labute approximate surface area is 119 Å². The molecule has 4 nitrogen and oxygen atoms in total. The molecular formula is C15H22FN3O. The second-order valence-electron chi connectivity index (χ2n) is 5.23. The Morgan fingerprint density at radius 2 is 2.30 bits per heavy atom. The van der Waals surface area contributed by atoms with E-state index in [9.17, 15) is 9.18 Å². The minimum absolute atomic E-state index is 0.0987. The van der Waals surface area contributed by atoms with E-state index < -0.39 is 5.82 Å². The molecule has 0 bridgehead atoms. The van der Waals surface area contributed by atoms with Gasteiger partial charge in [0.05, 0.1) is 6.20 Å². The Hall–Kier alpha value is -1.49. The summed E-state index contributed by atoms with van der Waals surface area (Å²) in [6, 6.07) is 3.22. The summed E-state index contributed by atoms with van der Waals surface area (Å²) in [6.07, 6.45) is 3.09. The van der Waals surface area contributed by atoms with Crippen molar-refractivity contribution in [3.05, 3.63) is 29.8 Å². The lowest BCUT2D eigenvalue weighted by atomic mass is 9.89. The molecule has 1 aliphatic heterocycles. The number of aromatic nitrogens is 1. The third kappa shape index (κ3) is 3.33. The van der Waals surface area contributed by atoms with E-state index in [4.69, 9.17) is 0 Å². The SMILES string of the molecule is CCNC1CCN(C(=O)c2ccc(F)cn2)CC1CC. The van der Waals surface area contributed by atoms with E-state index in [0.29, 0.717) is 17.7 Å². The minimum atomic E-state index is -0.418. The molecule has 2 atom stereocenters. The number of nitrogens with zero attached hydrogens (tertiary/aromatic N) is 2. The molecule has 1 fully saturated rings. The zero-order valence-corrected chi connectivity index (χ0v) is 12.1. The first-order chi connectivity index (χ1) is 9.65. The van der Waals surface area contributed by atoms with Crippen LogP contribution in [0.4, 0.5) is 4.39 Å². The minimum Gasteiger partial charge on any atom is -0.337 e. The first-order valence-electron chi connectivity index (χ1n) is 7.29. The van der Waals surface area contributed by atoms with Gasteiger partial charge in [0.15, 0.2) is 0 Å². The molecule has 2 rings (SSSR count). The van der Waals surface area contributed by atoms with Gasteiger partial charge in [-0.1, -0.05) is 20.3 Å². The molecule has 20 heavy (non-hydrogen) atoms. The fraction of sp³-hybridized carbons (Fsp3) is 0.600. The van der Waals surface area contributed by atoms with E-state index in [-0.39, 0.29) is 5.91 Å². The Morgan fingerprint density at radius 3 is 2.90 bits per heavy atom. The highest BCUT2D eigenvalue weighted by Crippen LogP contribution is 2.21. The molecule has 1 aromatic rings. The molecule has 0 radical (unpaired) electrons. The molecule has 0 spiro atoms. The van der Waals surface area contributed by atoms with Crippen LogP contribution in [0.2, 0.25) is 0 Å². The average molecular weight is 279 g/mol. The van der Waals surface area contributed by atoms with Crippen LogP contribution >= 0.6 is 0 Å². The molecule has 1 N–H and O–H groups in total. The Kier molecular flexibility index (Phi) is 5.06. The van der Waals surface area contributed by atoms with Gasteiger partial charge >= 0.3 is 0 Å². The monoisotopic (exact) mass is 279 g/mol. The highest BCUT2D eigenvalue weighted by atomic mass is 19.1. The summed E-state index contributed by atoms with van der Waals surface area (Å²) >= 11 is 0. The van der Waals surface area contributed by atoms with E-state index in [1.807, 2.05) is 4.90 Å². The van der Waals surface area contributed by atoms with Crippen molar-refractivity contribution in [2.45, 2.75) is 32.7 Å². The second-order valence-corrected chi connectivity index (χ2v) is 5.23. The van der Waals surface area contributed by atoms with Gasteiger partial charge in [0, 0.05) is 19.1 Å². The van der Waals surface area contributed by atoms with E-state index in [0.717, 1.165) is 38.7 Å². The van der Waals surface area contributed by atoms with Crippen LogP contribution in [0.5, 0.6) is 0 Å². The van der Waals surface area contributed by atoms with Crippen molar-refractivity contribution in [3.63, 3.8) is 0 Å². The third-order valence-electron chi connectivity index (χ3n) is 3.96. The van der Waals surface area contributed by atoms with E-state index in [1.54, 1.807) is 0 Å². The van der Waals surface area contributed by atoms with Crippen molar-refractivity contribution in [1.29, 1.82) is 0 Å². The Bertz CT molecular complexity index is 449. The van der Waals surface area contributed by atoms with Gasteiger partial charge in [-0.05, 0) is 31.0 Å². The maximum atomic E-state index is 12.8. The van der Waals surface area contributed by atoms with Crippen LogP contribution < -0.4 is 5.32 Å². The Balaban J connectivity index is 2.03. The number of likely N-dealkylation sites (tertiary alicyclic amines) is 1. The number of amides is 1. The zero-order chi connectivity index (χ0) is 14.5. The largest absolute Gasteiger partial charge is 0.337 e. The number of hydrogen-bond acceptors (Lipinski definition) is 3. The number of rotatable bonds is 4. The molecule has 1 aliphatic rings. The summed E-state index contributed by atoms with van der Waals surface area (Å²) in [4.78, 5) is 18.1. The van der Waals surface area contributed by atoms with Crippen LogP contribution in [0.1, 0.15) is 37.2 Å². The number of carbonyl (C=O) groups excluding carboxylic acids is 1. The quantitative estimate of drug-likeness (QED) is 0.917. The molecule has 2 unspecified atom stereocenters. The molecule has 1 amide bonds. The van der Waals surface area contributed by atoms with Gasteiger partial charge in [0.25, 0.3) is 5.91 Å². The van der Waals surface area contributed by atoms with Crippen molar-refractivity contribution < 1.29 is 9.18 Å². The smallest absolute Gasteiger partial charge is 0.272 e. The van der Waals surface area contributed by atoms with Gasteiger partial charge in [-0.25, -0.2) is 9.37 Å². The van der Waals surface area contributed by atoms with Gasteiger partial charge < -0.3 is 10.2 Å². The fourth-order valence-electron chi connectivity index (χ4n) is 2.83. The van der Waals surface area contributed by atoms with Crippen molar-refractivity contribution >= 4 is 5.91 Å². The molecule has 0 aromatic carbocycles. The van der Waals surface area contributed by atoms with Crippen LogP contribution in [0, 0.1) is 11.7 Å². The average Bonchev–Trinajstić information content (AvgIpc) is 2.48. The maximum Gasteiger partial charge on any atom is 0.272 e. The molecule has 0 saturated carbocycles. The summed E-state index contributed by atoms with van der Waals surface area (Å²) in [5.41, 5.74) is 0.322. The predicted octanol–water partition coefficient (Wildman–Crippen LogP) is 2.07. The van der Waals surface area contributed by atoms with Crippen molar-refractivity contribution in [2.75, 3.05) is 19.6 Å². The van der Waals surface area contributed by atoms with Crippen molar-refractivity contribution in [3.8, 4) is 0 Å². The van der Waals surface area contributed by atoms with Crippen molar-refractivity contribution in [1.82, 2.24) is 15.2 Å². The molecule has 1 aromatic heterocycles. The maximum absolute atomic E-state index is 12.8. The third-order valence-corrected chi connectivity index (χ3v) is 3.96. The van der Waals surface area contributed by atoms with Crippen LogP contribution in [0.15, 0.2) is 18.3 Å². The normalized spacial score (nSPS) is 22.9. The highest BCUT2D eigenvalue weighted by Gasteiger charge is 2.30. The standard InChI is InChI=1S/C15H22FN3O/c1-3-11-10-19(8-7-13(11)17-4-2)15(20)14-6-5-12(16)9-18-14/h5-6,9,11,13,17H,3-4,7-8,10H2,1-2H3. The summed E-state index contributed by atoms with van der Waals surface area (Å²) in [5.74, 6) is -0.0506. The second kappa shape index (κ2) is 6.79. The number of nitrogens with one attached hydrogen (secondary N) is 1. The fourth-order valence-corrected chi connectivity index (χ4v) is 2.83. The van der Waals surface area contributed by atoms with E-state index >= 15 is 0 Å². The number of carbonyl (C=O) groups is 1. The lowest BCUT2D eigenvalue weighted by Crippen LogP contribution is -2.51. The molecular weight excluding hydrogens is 257 g/mol. The summed E-state index contributed by atoms with van der Waals surface area (Å²) in [7, 11) is 0. The molecule has 2 heterocycles. The van der Waals surface area contributed by atoms with Gasteiger partial charge in [-0.2, -0.15) is 0 Å². The van der Waals surface area contributed by atoms with Crippen LogP contribution in [-0.4, -0.2) is 41.5 Å². The van der Waals surface area contributed by atoms with Gasteiger partial charge in [0.2, 0.25) is 0 Å². The number of piperidine rings is 1. The number of pyridine rings is 1. The van der Waals surface area contributed by atoms with Crippen LogP contribution in [0.25, 0.3) is 0 Å². The lowest BCUT2D eigenvalue weighted by molar-refractivity contribution is 0.0622. The topological polar surface area (TPSA) is 45.2 Å². The lowest BCUT2D eigenvalue weighted by Gasteiger charge is -2.38. The Morgan fingerprint density at radius 1 is 1.50 bits per heavy atom. The summed E-state index contributed by atoms with van der Waals surface area (Å²) < 4.78 is 12.8. The molecule has 5 heteroatoms.